The zero-order valence-corrected chi connectivity index (χ0v) is 11.5. The van der Waals surface area contributed by atoms with Crippen LogP contribution in [0.4, 0.5) is 0 Å². The monoisotopic (exact) mass is 266 g/mol. The third-order valence-corrected chi connectivity index (χ3v) is 3.18. The first kappa shape index (κ1) is 13.3. The quantitative estimate of drug-likeness (QED) is 0.875. The van der Waals surface area contributed by atoms with Crippen molar-refractivity contribution in [1.82, 2.24) is 14.5 Å². The molecule has 0 spiro atoms. The number of aromatic nitrogens is 3. The molecule has 0 bridgehead atoms. The lowest BCUT2D eigenvalue weighted by atomic mass is 10.2. The predicted molar refractivity (Wildman–Crippen MR) is 74.8 cm³/mol. The fraction of sp³-hybridized carbons (Fsp3) is 0.538. The van der Waals surface area contributed by atoms with Crippen LogP contribution in [-0.4, -0.2) is 21.1 Å². The molecule has 0 aliphatic rings. The van der Waals surface area contributed by atoms with Gasteiger partial charge in [-0.3, -0.25) is 0 Å². The largest absolute Gasteiger partial charge is 0.330 e. The first-order chi connectivity index (χ1) is 8.76. The van der Waals surface area contributed by atoms with Crippen LogP contribution in [0.15, 0.2) is 12.3 Å². The average Bonchev–Trinajstić information content (AvgIpc) is 2.70. The van der Waals surface area contributed by atoms with Crippen LogP contribution in [0.2, 0.25) is 5.02 Å². The van der Waals surface area contributed by atoms with Crippen molar-refractivity contribution in [2.24, 2.45) is 5.73 Å². The number of nitrogens with two attached hydrogens (primary N) is 1. The first-order valence-corrected chi connectivity index (χ1v) is 6.84. The van der Waals surface area contributed by atoms with Gasteiger partial charge in [0, 0.05) is 19.2 Å². The van der Waals surface area contributed by atoms with E-state index in [2.05, 4.69) is 21.5 Å². The highest BCUT2D eigenvalue weighted by Gasteiger charge is 2.11. The fourth-order valence-electron chi connectivity index (χ4n) is 2.04. The summed E-state index contributed by atoms with van der Waals surface area (Å²) in [4.78, 5) is 9.03. The van der Waals surface area contributed by atoms with E-state index in [1.807, 2.05) is 6.07 Å². The number of nitrogens with zero attached hydrogens (tertiary/aromatic N) is 3. The Balaban J connectivity index is 2.39. The van der Waals surface area contributed by atoms with E-state index >= 15 is 0 Å². The molecule has 0 aliphatic heterocycles. The van der Waals surface area contributed by atoms with Gasteiger partial charge in [0.25, 0.3) is 0 Å². The molecule has 2 aromatic rings. The number of fused-ring (bicyclic) bond motifs is 1. The number of halogens is 1. The molecule has 0 saturated carbocycles. The number of hydrogen-bond acceptors (Lipinski definition) is 3. The van der Waals surface area contributed by atoms with Gasteiger partial charge in [-0.25, -0.2) is 9.97 Å². The van der Waals surface area contributed by atoms with Crippen molar-refractivity contribution < 1.29 is 0 Å². The van der Waals surface area contributed by atoms with E-state index < -0.39 is 0 Å². The highest BCUT2D eigenvalue weighted by molar-refractivity contribution is 6.31. The Bertz CT molecular complexity index is 521. The molecule has 0 radical (unpaired) electrons. The Kier molecular flexibility index (Phi) is 4.55. The van der Waals surface area contributed by atoms with E-state index in [1.165, 1.54) is 0 Å². The van der Waals surface area contributed by atoms with Crippen LogP contribution < -0.4 is 5.73 Å². The maximum atomic E-state index is 5.96. The van der Waals surface area contributed by atoms with Gasteiger partial charge < -0.3 is 10.3 Å². The SMILES string of the molecule is CCCCc1nc2cc(Cl)cnc2n1CCCN. The lowest BCUT2D eigenvalue weighted by Gasteiger charge is -2.07. The minimum Gasteiger partial charge on any atom is -0.330 e. The molecule has 18 heavy (non-hydrogen) atoms. The molecule has 4 nitrogen and oxygen atoms in total. The molecule has 5 heteroatoms. The van der Waals surface area contributed by atoms with Crippen molar-refractivity contribution in [3.63, 3.8) is 0 Å². The van der Waals surface area contributed by atoms with E-state index in [1.54, 1.807) is 6.20 Å². The van der Waals surface area contributed by atoms with Gasteiger partial charge in [0.1, 0.15) is 11.3 Å². The summed E-state index contributed by atoms with van der Waals surface area (Å²) in [5.41, 5.74) is 7.38. The summed E-state index contributed by atoms with van der Waals surface area (Å²) < 4.78 is 2.17. The lowest BCUT2D eigenvalue weighted by molar-refractivity contribution is 0.613. The molecule has 2 aromatic heterocycles. The van der Waals surface area contributed by atoms with Crippen LogP contribution in [0.25, 0.3) is 11.2 Å². The van der Waals surface area contributed by atoms with E-state index in [0.29, 0.717) is 11.6 Å². The number of pyridine rings is 1. The van der Waals surface area contributed by atoms with Crippen molar-refractivity contribution in [3.05, 3.63) is 23.1 Å². The summed E-state index contributed by atoms with van der Waals surface area (Å²) in [6.45, 7) is 3.74. The molecular weight excluding hydrogens is 248 g/mol. The number of imidazole rings is 1. The molecule has 98 valence electrons. The summed E-state index contributed by atoms with van der Waals surface area (Å²) in [5.74, 6) is 1.09. The Morgan fingerprint density at radius 2 is 2.22 bits per heavy atom. The molecule has 0 fully saturated rings. The molecule has 0 saturated heterocycles. The summed E-state index contributed by atoms with van der Waals surface area (Å²) in [6.07, 6.45) is 5.89. The summed E-state index contributed by atoms with van der Waals surface area (Å²) in [5, 5.41) is 0.632. The van der Waals surface area contributed by atoms with Gasteiger partial charge in [-0.2, -0.15) is 0 Å². The van der Waals surface area contributed by atoms with Gasteiger partial charge in [-0.15, -0.1) is 0 Å². The molecule has 0 atom stereocenters. The summed E-state index contributed by atoms with van der Waals surface area (Å²) in [7, 11) is 0. The summed E-state index contributed by atoms with van der Waals surface area (Å²) >= 11 is 5.96. The van der Waals surface area contributed by atoms with Gasteiger partial charge in [0.2, 0.25) is 0 Å². The zero-order chi connectivity index (χ0) is 13.0. The molecule has 0 aromatic carbocycles. The van der Waals surface area contributed by atoms with Crippen molar-refractivity contribution in [2.75, 3.05) is 6.54 Å². The number of rotatable bonds is 6. The molecular formula is C13H19ClN4. The second-order valence-corrected chi connectivity index (χ2v) is 4.86. The molecule has 0 aliphatic carbocycles. The fourth-order valence-corrected chi connectivity index (χ4v) is 2.20. The van der Waals surface area contributed by atoms with Gasteiger partial charge in [-0.1, -0.05) is 24.9 Å². The van der Waals surface area contributed by atoms with Gasteiger partial charge >= 0.3 is 0 Å². The van der Waals surface area contributed by atoms with Crippen LogP contribution in [0, 0.1) is 0 Å². The van der Waals surface area contributed by atoms with Crippen molar-refractivity contribution >= 4 is 22.8 Å². The Labute approximate surface area is 112 Å². The molecule has 2 heterocycles. The first-order valence-electron chi connectivity index (χ1n) is 6.47. The maximum Gasteiger partial charge on any atom is 0.160 e. The Morgan fingerprint density at radius 1 is 1.39 bits per heavy atom. The van der Waals surface area contributed by atoms with E-state index in [4.69, 9.17) is 17.3 Å². The molecule has 0 unspecified atom stereocenters. The van der Waals surface area contributed by atoms with Crippen LogP contribution >= 0.6 is 11.6 Å². The molecule has 2 N–H and O–H groups in total. The van der Waals surface area contributed by atoms with E-state index in [9.17, 15) is 0 Å². The number of unbranched alkanes of at least 4 members (excludes halogenated alkanes) is 1. The number of aryl methyl sites for hydroxylation is 2. The highest BCUT2D eigenvalue weighted by atomic mass is 35.5. The smallest absolute Gasteiger partial charge is 0.160 e. The minimum atomic E-state index is 0.632. The second kappa shape index (κ2) is 6.16. The maximum absolute atomic E-state index is 5.96. The van der Waals surface area contributed by atoms with Crippen molar-refractivity contribution in [2.45, 2.75) is 39.2 Å². The van der Waals surface area contributed by atoms with E-state index in [0.717, 1.165) is 49.2 Å². The third-order valence-electron chi connectivity index (χ3n) is 2.97. The van der Waals surface area contributed by atoms with Gasteiger partial charge in [-0.05, 0) is 25.5 Å². The standard InChI is InChI=1S/C13H19ClN4/c1-2-3-5-12-17-11-8-10(14)9-16-13(11)18(12)7-4-6-15/h8-9H,2-7,15H2,1H3. The molecule has 2 rings (SSSR count). The minimum absolute atomic E-state index is 0.632. The summed E-state index contributed by atoms with van der Waals surface area (Å²) in [6, 6.07) is 1.87. The van der Waals surface area contributed by atoms with Crippen LogP contribution in [-0.2, 0) is 13.0 Å². The van der Waals surface area contributed by atoms with Gasteiger partial charge in [0.15, 0.2) is 5.65 Å². The Morgan fingerprint density at radius 3 is 2.94 bits per heavy atom. The second-order valence-electron chi connectivity index (χ2n) is 4.42. The van der Waals surface area contributed by atoms with Crippen LogP contribution in [0.3, 0.4) is 0 Å². The van der Waals surface area contributed by atoms with Gasteiger partial charge in [0.05, 0.1) is 5.02 Å². The zero-order valence-electron chi connectivity index (χ0n) is 10.7. The third kappa shape index (κ3) is 2.82. The van der Waals surface area contributed by atoms with Crippen molar-refractivity contribution in [1.29, 1.82) is 0 Å². The normalized spacial score (nSPS) is 11.3. The van der Waals surface area contributed by atoms with Crippen molar-refractivity contribution in [3.8, 4) is 0 Å². The van der Waals surface area contributed by atoms with E-state index in [-0.39, 0.29) is 0 Å². The van der Waals surface area contributed by atoms with Crippen LogP contribution in [0.5, 0.6) is 0 Å². The van der Waals surface area contributed by atoms with Crippen LogP contribution in [0.1, 0.15) is 32.0 Å². The highest BCUT2D eigenvalue weighted by Crippen LogP contribution is 2.19. The number of hydrogen-bond donors (Lipinski definition) is 1. The topological polar surface area (TPSA) is 56.7 Å². The molecule has 0 amide bonds. The Hall–Kier alpha value is -1.13. The average molecular weight is 267 g/mol. The predicted octanol–water partition coefficient (Wildman–Crippen LogP) is 2.78. The lowest BCUT2D eigenvalue weighted by Crippen LogP contribution is -2.09.